The minimum atomic E-state index is -0.892. The van der Waals surface area contributed by atoms with Gasteiger partial charge in [-0.05, 0) is 31.4 Å². The number of thiazole rings is 1. The van der Waals surface area contributed by atoms with Gasteiger partial charge >= 0.3 is 0 Å². The molecule has 0 aromatic carbocycles. The number of aryl methyl sites for hydroxylation is 1. The van der Waals surface area contributed by atoms with Crippen LogP contribution < -0.4 is 0 Å². The number of nitriles is 1. The number of fused-ring (bicyclic) bond motifs is 1. The second-order valence-corrected chi connectivity index (χ2v) is 6.81. The van der Waals surface area contributed by atoms with E-state index in [0.717, 1.165) is 42.8 Å². The number of aromatic nitrogens is 4. The molecule has 1 aliphatic rings. The Hall–Kier alpha value is -2.85. The van der Waals surface area contributed by atoms with Crippen molar-refractivity contribution in [2.24, 2.45) is 0 Å². The van der Waals surface area contributed by atoms with Crippen molar-refractivity contribution in [2.45, 2.75) is 31.7 Å². The predicted molar refractivity (Wildman–Crippen MR) is 93.2 cm³/mol. The highest BCUT2D eigenvalue weighted by atomic mass is 32.1. The van der Waals surface area contributed by atoms with Gasteiger partial charge in [-0.15, -0.1) is 11.3 Å². The number of ketones is 1. The van der Waals surface area contributed by atoms with Crippen LogP contribution >= 0.6 is 11.3 Å². The van der Waals surface area contributed by atoms with E-state index in [4.69, 9.17) is 0 Å². The lowest BCUT2D eigenvalue weighted by Crippen LogP contribution is -2.17. The molecule has 1 aliphatic heterocycles. The molecule has 7 heteroatoms. The van der Waals surface area contributed by atoms with Crippen molar-refractivity contribution in [1.29, 1.82) is 5.26 Å². The molecule has 25 heavy (non-hydrogen) atoms. The summed E-state index contributed by atoms with van der Waals surface area (Å²) in [5.74, 6) is -1.10. The summed E-state index contributed by atoms with van der Waals surface area (Å²) in [7, 11) is 0. The van der Waals surface area contributed by atoms with Gasteiger partial charge in [0.2, 0.25) is 0 Å². The molecule has 0 fully saturated rings. The van der Waals surface area contributed by atoms with E-state index >= 15 is 0 Å². The molecular formula is C18H15N5OS. The molecule has 3 aromatic rings. The van der Waals surface area contributed by atoms with Crippen LogP contribution in [0.15, 0.2) is 36.1 Å². The van der Waals surface area contributed by atoms with Crippen LogP contribution in [0.4, 0.5) is 0 Å². The first-order valence-electron chi connectivity index (χ1n) is 8.12. The van der Waals surface area contributed by atoms with Crippen molar-refractivity contribution in [3.05, 3.63) is 52.4 Å². The summed E-state index contributed by atoms with van der Waals surface area (Å²) < 4.78 is 1.88. The topological polar surface area (TPSA) is 84.5 Å². The standard InChI is InChI=1S/C18H15N5OS/c19-9-13(17(24)14-10-21-23-8-2-1-3-16(14)23)18-22-15(11-25-18)12-4-6-20-7-5-12/h4-7,10-11,13H,1-3,8H2/t13-/m1/s1. The van der Waals surface area contributed by atoms with E-state index in [2.05, 4.69) is 21.1 Å². The Kier molecular flexibility index (Phi) is 4.12. The van der Waals surface area contributed by atoms with Crippen LogP contribution in [0.3, 0.4) is 0 Å². The summed E-state index contributed by atoms with van der Waals surface area (Å²) in [4.78, 5) is 21.4. The lowest BCUT2D eigenvalue weighted by atomic mass is 9.97. The smallest absolute Gasteiger partial charge is 0.190 e. The number of Topliss-reactive ketones (excluding diaryl/α,β-unsaturated/α-hetero) is 1. The van der Waals surface area contributed by atoms with Crippen LogP contribution in [0, 0.1) is 11.3 Å². The minimum absolute atomic E-state index is 0.207. The van der Waals surface area contributed by atoms with E-state index in [1.807, 2.05) is 22.2 Å². The fourth-order valence-electron chi connectivity index (χ4n) is 3.08. The van der Waals surface area contributed by atoms with E-state index in [0.29, 0.717) is 10.6 Å². The first-order chi connectivity index (χ1) is 12.3. The zero-order valence-corrected chi connectivity index (χ0v) is 14.2. The van der Waals surface area contributed by atoms with Crippen molar-refractivity contribution >= 4 is 17.1 Å². The lowest BCUT2D eigenvalue weighted by molar-refractivity contribution is 0.0977. The Bertz CT molecular complexity index is 954. The van der Waals surface area contributed by atoms with Crippen LogP contribution in [0.2, 0.25) is 0 Å². The number of rotatable bonds is 4. The highest BCUT2D eigenvalue weighted by Crippen LogP contribution is 2.30. The zero-order valence-electron chi connectivity index (χ0n) is 13.4. The van der Waals surface area contributed by atoms with Crippen LogP contribution in [-0.4, -0.2) is 25.5 Å². The maximum Gasteiger partial charge on any atom is 0.190 e. The van der Waals surface area contributed by atoms with Crippen LogP contribution in [0.5, 0.6) is 0 Å². The molecule has 4 rings (SSSR count). The largest absolute Gasteiger partial charge is 0.292 e. The Balaban J connectivity index is 1.65. The SMILES string of the molecule is N#C[C@H](C(=O)c1cnn2c1CCCC2)c1nc(-c2ccncc2)cs1. The molecule has 4 heterocycles. The van der Waals surface area contributed by atoms with Crippen molar-refractivity contribution in [3.8, 4) is 17.3 Å². The van der Waals surface area contributed by atoms with Crippen LogP contribution in [-0.2, 0) is 13.0 Å². The molecular weight excluding hydrogens is 334 g/mol. The molecule has 124 valence electrons. The molecule has 3 aromatic heterocycles. The van der Waals surface area contributed by atoms with Crippen molar-refractivity contribution in [3.63, 3.8) is 0 Å². The summed E-state index contributed by atoms with van der Waals surface area (Å²) in [5, 5.41) is 16.3. The van der Waals surface area contributed by atoms with Gasteiger partial charge in [-0.25, -0.2) is 4.98 Å². The summed E-state index contributed by atoms with van der Waals surface area (Å²) in [6, 6.07) is 5.84. The Morgan fingerprint density at radius 2 is 2.16 bits per heavy atom. The minimum Gasteiger partial charge on any atom is -0.292 e. The van der Waals surface area contributed by atoms with E-state index in [-0.39, 0.29) is 5.78 Å². The quantitative estimate of drug-likeness (QED) is 0.675. The third kappa shape index (κ3) is 2.85. The number of hydrogen-bond acceptors (Lipinski definition) is 6. The van der Waals surface area contributed by atoms with Gasteiger partial charge in [0.05, 0.1) is 23.5 Å². The fourth-order valence-corrected chi connectivity index (χ4v) is 3.95. The summed E-state index contributed by atoms with van der Waals surface area (Å²) in [5.41, 5.74) is 3.19. The van der Waals surface area contributed by atoms with Gasteiger partial charge < -0.3 is 0 Å². The number of carbonyl (C=O) groups is 1. The summed E-state index contributed by atoms with van der Waals surface area (Å²) in [6.45, 7) is 0.837. The number of hydrogen-bond donors (Lipinski definition) is 0. The van der Waals surface area contributed by atoms with Crippen molar-refractivity contribution in [2.75, 3.05) is 0 Å². The van der Waals surface area contributed by atoms with Gasteiger partial charge in [0.25, 0.3) is 0 Å². The monoisotopic (exact) mass is 349 g/mol. The predicted octanol–water partition coefficient (Wildman–Crippen LogP) is 3.23. The average molecular weight is 349 g/mol. The Morgan fingerprint density at radius 3 is 2.96 bits per heavy atom. The van der Waals surface area contributed by atoms with E-state index in [1.165, 1.54) is 11.3 Å². The third-order valence-electron chi connectivity index (χ3n) is 4.38. The number of pyridine rings is 1. The highest BCUT2D eigenvalue weighted by Gasteiger charge is 2.29. The van der Waals surface area contributed by atoms with Gasteiger partial charge in [-0.1, -0.05) is 0 Å². The van der Waals surface area contributed by atoms with Crippen LogP contribution in [0.1, 0.15) is 39.8 Å². The number of carbonyl (C=O) groups excluding carboxylic acids is 1. The molecule has 0 N–H and O–H groups in total. The van der Waals surface area contributed by atoms with Gasteiger partial charge in [-0.3, -0.25) is 14.5 Å². The highest BCUT2D eigenvalue weighted by molar-refractivity contribution is 7.10. The van der Waals surface area contributed by atoms with Gasteiger partial charge in [0.15, 0.2) is 11.7 Å². The first-order valence-corrected chi connectivity index (χ1v) is 9.00. The third-order valence-corrected chi connectivity index (χ3v) is 5.29. The van der Waals surface area contributed by atoms with Crippen molar-refractivity contribution < 1.29 is 4.79 Å². The van der Waals surface area contributed by atoms with Gasteiger partial charge in [0, 0.05) is 35.6 Å². The molecule has 0 saturated carbocycles. The molecule has 1 atom stereocenters. The molecule has 6 nitrogen and oxygen atoms in total. The zero-order chi connectivity index (χ0) is 17.2. The summed E-state index contributed by atoms with van der Waals surface area (Å²) >= 11 is 1.34. The van der Waals surface area contributed by atoms with Gasteiger partial charge in [-0.2, -0.15) is 10.4 Å². The maximum absolute atomic E-state index is 12.9. The van der Waals surface area contributed by atoms with E-state index < -0.39 is 5.92 Å². The Labute approximate surface area is 148 Å². The lowest BCUT2D eigenvalue weighted by Gasteiger charge is -2.14. The molecule has 0 bridgehead atoms. The van der Waals surface area contributed by atoms with E-state index in [9.17, 15) is 10.1 Å². The summed E-state index contributed by atoms with van der Waals surface area (Å²) in [6.07, 6.45) is 7.95. The molecule has 0 spiro atoms. The molecule has 0 saturated heterocycles. The average Bonchev–Trinajstić information content (AvgIpc) is 3.30. The molecule has 0 unspecified atom stereocenters. The molecule has 0 aliphatic carbocycles. The fraction of sp³-hybridized carbons (Fsp3) is 0.278. The first kappa shape index (κ1) is 15.7. The Morgan fingerprint density at radius 1 is 1.32 bits per heavy atom. The molecule has 0 amide bonds. The second-order valence-electron chi connectivity index (χ2n) is 5.92. The van der Waals surface area contributed by atoms with Crippen molar-refractivity contribution in [1.82, 2.24) is 19.7 Å². The van der Waals surface area contributed by atoms with E-state index in [1.54, 1.807) is 18.6 Å². The molecule has 0 radical (unpaired) electrons. The number of nitrogens with zero attached hydrogens (tertiary/aromatic N) is 5. The maximum atomic E-state index is 12.9. The van der Waals surface area contributed by atoms with Crippen LogP contribution in [0.25, 0.3) is 11.3 Å². The van der Waals surface area contributed by atoms with Gasteiger partial charge in [0.1, 0.15) is 5.01 Å². The normalized spacial score (nSPS) is 14.5. The second kappa shape index (κ2) is 6.57.